The Morgan fingerprint density at radius 3 is 2.00 bits per heavy atom. The fourth-order valence-corrected chi connectivity index (χ4v) is 3.82. The Morgan fingerprint density at radius 2 is 1.50 bits per heavy atom. The molecule has 0 nitrogen and oxygen atoms in total. The molecule has 108 valence electrons. The van der Waals surface area contributed by atoms with Gasteiger partial charge in [-0.15, -0.1) is 22.9 Å². The molecule has 0 fully saturated rings. The second-order valence-corrected chi connectivity index (χ2v) is 8.45. The number of hydrogen-bond acceptors (Lipinski definition) is 1. The van der Waals surface area contributed by atoms with Crippen molar-refractivity contribution in [2.75, 3.05) is 0 Å². The van der Waals surface area contributed by atoms with Crippen LogP contribution in [-0.4, -0.2) is 0 Å². The van der Waals surface area contributed by atoms with Gasteiger partial charge in [-0.25, -0.2) is 0 Å². The molecule has 1 atom stereocenters. The molecule has 0 bridgehead atoms. The van der Waals surface area contributed by atoms with Gasteiger partial charge >= 0.3 is 0 Å². The molecule has 0 radical (unpaired) electrons. The van der Waals surface area contributed by atoms with Gasteiger partial charge in [0.25, 0.3) is 0 Å². The zero-order valence-corrected chi connectivity index (χ0v) is 14.5. The molecule has 0 N–H and O–H groups in total. The van der Waals surface area contributed by atoms with E-state index in [1.54, 1.807) is 0 Å². The second kappa shape index (κ2) is 5.54. The van der Waals surface area contributed by atoms with Gasteiger partial charge in [-0.3, -0.25) is 0 Å². The zero-order valence-electron chi connectivity index (χ0n) is 12.9. The average molecular weight is 307 g/mol. The van der Waals surface area contributed by atoms with Gasteiger partial charge in [-0.05, 0) is 23.1 Å². The SMILES string of the molecule is CC(C)(C)c1ccc(C(Cl)C(C)(C)c2ccccc2)s1. The number of thiophene rings is 1. The summed E-state index contributed by atoms with van der Waals surface area (Å²) in [6.07, 6.45) is 0. The predicted molar refractivity (Wildman–Crippen MR) is 91.1 cm³/mol. The number of rotatable bonds is 3. The molecule has 0 saturated heterocycles. The second-order valence-electron chi connectivity index (χ2n) is 6.90. The zero-order chi connectivity index (χ0) is 15.0. The Kier molecular flexibility index (Phi) is 4.32. The highest BCUT2D eigenvalue weighted by molar-refractivity contribution is 7.12. The molecule has 0 spiro atoms. The third-order valence-electron chi connectivity index (χ3n) is 3.77. The van der Waals surface area contributed by atoms with Crippen molar-refractivity contribution in [3.63, 3.8) is 0 Å². The largest absolute Gasteiger partial charge is 0.143 e. The van der Waals surface area contributed by atoms with Crippen molar-refractivity contribution in [2.45, 2.75) is 50.8 Å². The molecular formula is C18H23ClS. The molecule has 0 saturated carbocycles. The van der Waals surface area contributed by atoms with Crippen LogP contribution >= 0.6 is 22.9 Å². The highest BCUT2D eigenvalue weighted by Crippen LogP contribution is 2.45. The first kappa shape index (κ1) is 15.6. The monoisotopic (exact) mass is 306 g/mol. The van der Waals surface area contributed by atoms with E-state index in [1.807, 2.05) is 17.4 Å². The van der Waals surface area contributed by atoms with E-state index in [1.165, 1.54) is 15.3 Å². The lowest BCUT2D eigenvalue weighted by Crippen LogP contribution is -2.22. The maximum Gasteiger partial charge on any atom is 0.0769 e. The first-order chi connectivity index (χ1) is 9.23. The predicted octanol–water partition coefficient (Wildman–Crippen LogP) is 6.30. The molecule has 0 amide bonds. The van der Waals surface area contributed by atoms with Gasteiger partial charge in [0.15, 0.2) is 0 Å². The van der Waals surface area contributed by atoms with E-state index in [4.69, 9.17) is 11.6 Å². The van der Waals surface area contributed by atoms with Crippen LogP contribution < -0.4 is 0 Å². The van der Waals surface area contributed by atoms with E-state index in [9.17, 15) is 0 Å². The summed E-state index contributed by atoms with van der Waals surface area (Å²) in [4.78, 5) is 2.65. The molecule has 0 aliphatic rings. The third-order valence-corrected chi connectivity index (χ3v) is 6.25. The number of benzene rings is 1. The molecule has 1 unspecified atom stereocenters. The van der Waals surface area contributed by atoms with Crippen LogP contribution in [0.15, 0.2) is 42.5 Å². The van der Waals surface area contributed by atoms with Crippen molar-refractivity contribution in [1.29, 1.82) is 0 Å². The van der Waals surface area contributed by atoms with E-state index >= 15 is 0 Å². The van der Waals surface area contributed by atoms with Gasteiger partial charge in [-0.2, -0.15) is 0 Å². The van der Waals surface area contributed by atoms with Crippen molar-refractivity contribution in [1.82, 2.24) is 0 Å². The lowest BCUT2D eigenvalue weighted by Gasteiger charge is -2.30. The minimum Gasteiger partial charge on any atom is -0.143 e. The molecule has 2 aromatic rings. The van der Waals surface area contributed by atoms with Gasteiger partial charge < -0.3 is 0 Å². The molecule has 20 heavy (non-hydrogen) atoms. The number of halogens is 1. The van der Waals surface area contributed by atoms with E-state index < -0.39 is 0 Å². The summed E-state index contributed by atoms with van der Waals surface area (Å²) < 4.78 is 0. The quantitative estimate of drug-likeness (QED) is 0.583. The first-order valence-corrected chi connectivity index (χ1v) is 8.28. The van der Waals surface area contributed by atoms with Crippen LogP contribution in [-0.2, 0) is 10.8 Å². The Balaban J connectivity index is 2.31. The summed E-state index contributed by atoms with van der Waals surface area (Å²) in [6.45, 7) is 11.2. The van der Waals surface area contributed by atoms with Crippen molar-refractivity contribution < 1.29 is 0 Å². The highest BCUT2D eigenvalue weighted by Gasteiger charge is 2.32. The highest BCUT2D eigenvalue weighted by atomic mass is 35.5. The summed E-state index contributed by atoms with van der Waals surface area (Å²) in [5, 5.41) is -0.00833. The van der Waals surface area contributed by atoms with Gasteiger partial charge in [0, 0.05) is 15.2 Å². The summed E-state index contributed by atoms with van der Waals surface area (Å²) in [5.74, 6) is 0. The third kappa shape index (κ3) is 3.10. The van der Waals surface area contributed by atoms with Crippen molar-refractivity contribution in [2.24, 2.45) is 0 Å². The summed E-state index contributed by atoms with van der Waals surface area (Å²) >= 11 is 8.64. The molecule has 1 aromatic heterocycles. The van der Waals surface area contributed by atoms with Crippen LogP contribution in [0.3, 0.4) is 0 Å². The molecule has 1 heterocycles. The lowest BCUT2D eigenvalue weighted by atomic mass is 9.80. The molecular weight excluding hydrogens is 284 g/mol. The Morgan fingerprint density at radius 1 is 0.900 bits per heavy atom. The van der Waals surface area contributed by atoms with Crippen molar-refractivity contribution in [3.8, 4) is 0 Å². The van der Waals surface area contributed by atoms with Crippen molar-refractivity contribution >= 4 is 22.9 Å². The average Bonchev–Trinajstić information content (AvgIpc) is 2.88. The normalized spacial score (nSPS) is 14.3. The molecule has 2 heteroatoms. The summed E-state index contributed by atoms with van der Waals surface area (Å²) in [6, 6.07) is 14.9. The topological polar surface area (TPSA) is 0 Å². The van der Waals surface area contributed by atoms with Crippen LogP contribution in [0.2, 0.25) is 0 Å². The van der Waals surface area contributed by atoms with E-state index in [-0.39, 0.29) is 16.2 Å². The maximum atomic E-state index is 6.81. The standard InChI is InChI=1S/C18H23ClS/c1-17(2,3)15-12-11-14(20-15)16(19)18(4,5)13-9-7-6-8-10-13/h6-12,16H,1-5H3. The Hall–Kier alpha value is -0.790. The molecule has 0 aliphatic carbocycles. The maximum absolute atomic E-state index is 6.81. The number of hydrogen-bond donors (Lipinski definition) is 0. The van der Waals surface area contributed by atoms with Crippen LogP contribution in [0.5, 0.6) is 0 Å². The minimum atomic E-state index is -0.0805. The van der Waals surface area contributed by atoms with Gasteiger partial charge in [0.1, 0.15) is 0 Å². The first-order valence-electron chi connectivity index (χ1n) is 7.03. The Labute approximate surface area is 131 Å². The van der Waals surface area contributed by atoms with Crippen LogP contribution in [0, 0.1) is 0 Å². The van der Waals surface area contributed by atoms with Crippen LogP contribution in [0.25, 0.3) is 0 Å². The Bertz CT molecular complexity index is 561. The van der Waals surface area contributed by atoms with Gasteiger partial charge in [0.2, 0.25) is 0 Å². The van der Waals surface area contributed by atoms with Crippen LogP contribution in [0.4, 0.5) is 0 Å². The van der Waals surface area contributed by atoms with E-state index in [0.29, 0.717) is 0 Å². The van der Waals surface area contributed by atoms with Gasteiger partial charge in [-0.1, -0.05) is 65.0 Å². The smallest absolute Gasteiger partial charge is 0.0769 e. The number of alkyl halides is 1. The van der Waals surface area contributed by atoms with E-state index in [0.717, 1.165) is 0 Å². The fraction of sp³-hybridized carbons (Fsp3) is 0.444. The minimum absolute atomic E-state index is 0.00833. The van der Waals surface area contributed by atoms with Crippen molar-refractivity contribution in [3.05, 3.63) is 57.8 Å². The fourth-order valence-electron chi connectivity index (χ4n) is 2.26. The summed E-state index contributed by atoms with van der Waals surface area (Å²) in [7, 11) is 0. The molecule has 2 rings (SSSR count). The summed E-state index contributed by atoms with van der Waals surface area (Å²) in [5.41, 5.74) is 1.39. The van der Waals surface area contributed by atoms with Crippen LogP contribution in [0.1, 0.15) is 55.3 Å². The molecule has 1 aromatic carbocycles. The van der Waals surface area contributed by atoms with Gasteiger partial charge in [0.05, 0.1) is 5.38 Å². The molecule has 0 aliphatic heterocycles. The lowest BCUT2D eigenvalue weighted by molar-refractivity contribution is 0.509. The van der Waals surface area contributed by atoms with E-state index in [2.05, 4.69) is 71.0 Å².